The van der Waals surface area contributed by atoms with Crippen LogP contribution in [0.3, 0.4) is 0 Å². The molecule has 0 aromatic rings. The SMILES string of the molecule is CN(C)C(=O)CN1CCC(NC2CCS(=O)(=O)C2)CC1. The van der Waals surface area contributed by atoms with Gasteiger partial charge in [0.15, 0.2) is 9.84 Å². The molecule has 1 amide bonds. The van der Waals surface area contributed by atoms with E-state index in [9.17, 15) is 13.2 Å². The standard InChI is InChI=1S/C13H25N3O3S/c1-15(2)13(17)9-16-6-3-11(4-7-16)14-12-5-8-20(18,19)10-12/h11-12,14H,3-10H2,1-2H3. The monoisotopic (exact) mass is 303 g/mol. The van der Waals surface area contributed by atoms with Gasteiger partial charge in [-0.15, -0.1) is 0 Å². The summed E-state index contributed by atoms with van der Waals surface area (Å²) < 4.78 is 22.9. The van der Waals surface area contributed by atoms with E-state index in [1.807, 2.05) is 0 Å². The number of carbonyl (C=O) groups excluding carboxylic acids is 1. The lowest BCUT2D eigenvalue weighted by Gasteiger charge is -2.33. The zero-order valence-electron chi connectivity index (χ0n) is 12.3. The summed E-state index contributed by atoms with van der Waals surface area (Å²) in [6.07, 6.45) is 2.70. The number of sulfone groups is 1. The van der Waals surface area contributed by atoms with Crippen LogP contribution < -0.4 is 5.32 Å². The third-order valence-corrected chi connectivity index (χ3v) is 5.92. The van der Waals surface area contributed by atoms with Gasteiger partial charge in [0.2, 0.25) is 5.91 Å². The highest BCUT2D eigenvalue weighted by Crippen LogP contribution is 2.16. The van der Waals surface area contributed by atoms with Crippen LogP contribution in [0, 0.1) is 0 Å². The lowest BCUT2D eigenvalue weighted by molar-refractivity contribution is -0.130. The van der Waals surface area contributed by atoms with Crippen molar-refractivity contribution < 1.29 is 13.2 Å². The number of likely N-dealkylation sites (tertiary alicyclic amines) is 1. The Hall–Kier alpha value is -0.660. The minimum absolute atomic E-state index is 0.125. The van der Waals surface area contributed by atoms with Crippen molar-refractivity contribution in [2.24, 2.45) is 0 Å². The molecule has 1 unspecified atom stereocenters. The quantitative estimate of drug-likeness (QED) is 0.745. The van der Waals surface area contributed by atoms with E-state index in [-0.39, 0.29) is 17.7 Å². The van der Waals surface area contributed by atoms with Crippen molar-refractivity contribution in [1.82, 2.24) is 15.1 Å². The molecule has 0 aliphatic carbocycles. The number of carbonyl (C=O) groups is 1. The van der Waals surface area contributed by atoms with Gasteiger partial charge in [-0.1, -0.05) is 0 Å². The lowest BCUT2D eigenvalue weighted by atomic mass is 10.0. The van der Waals surface area contributed by atoms with Gasteiger partial charge >= 0.3 is 0 Å². The fraction of sp³-hybridized carbons (Fsp3) is 0.923. The van der Waals surface area contributed by atoms with Gasteiger partial charge in [0.05, 0.1) is 18.1 Å². The molecule has 2 fully saturated rings. The lowest BCUT2D eigenvalue weighted by Crippen LogP contribution is -2.48. The topological polar surface area (TPSA) is 69.7 Å². The highest BCUT2D eigenvalue weighted by molar-refractivity contribution is 7.91. The van der Waals surface area contributed by atoms with Crippen molar-refractivity contribution in [3.63, 3.8) is 0 Å². The number of hydrogen-bond donors (Lipinski definition) is 1. The van der Waals surface area contributed by atoms with Gasteiger partial charge < -0.3 is 10.2 Å². The van der Waals surface area contributed by atoms with Crippen molar-refractivity contribution in [1.29, 1.82) is 0 Å². The van der Waals surface area contributed by atoms with E-state index in [1.165, 1.54) is 0 Å². The van der Waals surface area contributed by atoms with E-state index in [4.69, 9.17) is 0 Å². The van der Waals surface area contributed by atoms with E-state index in [0.29, 0.717) is 18.3 Å². The number of rotatable bonds is 4. The highest BCUT2D eigenvalue weighted by Gasteiger charge is 2.30. The number of likely N-dealkylation sites (N-methyl/N-ethyl adjacent to an activating group) is 1. The van der Waals surface area contributed by atoms with Gasteiger partial charge in [0, 0.05) is 39.3 Å². The van der Waals surface area contributed by atoms with Crippen LogP contribution in [0.1, 0.15) is 19.3 Å². The molecule has 0 aromatic heterocycles. The second-order valence-corrected chi connectivity index (χ2v) is 8.33. The summed E-state index contributed by atoms with van der Waals surface area (Å²) in [5.41, 5.74) is 0. The normalized spacial score (nSPS) is 27.6. The molecule has 20 heavy (non-hydrogen) atoms. The zero-order chi connectivity index (χ0) is 14.8. The molecule has 2 saturated heterocycles. The van der Waals surface area contributed by atoms with Crippen LogP contribution in [0.4, 0.5) is 0 Å². The van der Waals surface area contributed by atoms with Gasteiger partial charge in [-0.3, -0.25) is 9.69 Å². The molecule has 2 aliphatic rings. The summed E-state index contributed by atoms with van der Waals surface area (Å²) in [6.45, 7) is 2.28. The Kier molecular flexibility index (Phi) is 5.04. The summed E-state index contributed by atoms with van der Waals surface area (Å²) >= 11 is 0. The molecule has 116 valence electrons. The predicted molar refractivity (Wildman–Crippen MR) is 78.4 cm³/mol. The second-order valence-electron chi connectivity index (χ2n) is 6.11. The average Bonchev–Trinajstić information content (AvgIpc) is 2.71. The molecule has 2 rings (SSSR count). The van der Waals surface area contributed by atoms with Crippen LogP contribution >= 0.6 is 0 Å². The van der Waals surface area contributed by atoms with E-state index >= 15 is 0 Å². The number of hydrogen-bond acceptors (Lipinski definition) is 5. The van der Waals surface area contributed by atoms with Crippen molar-refractivity contribution in [3.05, 3.63) is 0 Å². The van der Waals surface area contributed by atoms with Crippen molar-refractivity contribution in [2.45, 2.75) is 31.3 Å². The highest BCUT2D eigenvalue weighted by atomic mass is 32.2. The Balaban J connectivity index is 1.71. The maximum atomic E-state index is 11.6. The molecule has 7 heteroatoms. The zero-order valence-corrected chi connectivity index (χ0v) is 13.2. The average molecular weight is 303 g/mol. The first kappa shape index (κ1) is 15.7. The molecule has 0 saturated carbocycles. The summed E-state index contributed by atoms with van der Waals surface area (Å²) in [4.78, 5) is 15.4. The first-order chi connectivity index (χ1) is 9.35. The van der Waals surface area contributed by atoms with Crippen LogP contribution in [0.5, 0.6) is 0 Å². The maximum absolute atomic E-state index is 11.6. The fourth-order valence-corrected chi connectivity index (χ4v) is 4.54. The number of amides is 1. The van der Waals surface area contributed by atoms with E-state index in [1.54, 1.807) is 19.0 Å². The molecular formula is C13H25N3O3S. The first-order valence-corrected chi connectivity index (χ1v) is 9.07. The van der Waals surface area contributed by atoms with Crippen LogP contribution in [0.15, 0.2) is 0 Å². The van der Waals surface area contributed by atoms with E-state index in [2.05, 4.69) is 10.2 Å². The molecule has 1 atom stereocenters. The Bertz CT molecular complexity index is 442. The van der Waals surface area contributed by atoms with Crippen LogP contribution in [-0.4, -0.2) is 81.4 Å². The van der Waals surface area contributed by atoms with Crippen LogP contribution in [0.2, 0.25) is 0 Å². The Labute approximate surface area is 121 Å². The Morgan fingerprint density at radius 3 is 2.35 bits per heavy atom. The molecule has 0 aromatic carbocycles. The predicted octanol–water partition coefficient (Wildman–Crippen LogP) is -0.684. The minimum Gasteiger partial charge on any atom is -0.348 e. The third-order valence-electron chi connectivity index (χ3n) is 4.15. The Morgan fingerprint density at radius 2 is 1.85 bits per heavy atom. The second kappa shape index (κ2) is 6.41. The molecule has 0 spiro atoms. The summed E-state index contributed by atoms with van der Waals surface area (Å²) in [5.74, 6) is 0.742. The third kappa shape index (κ3) is 4.43. The van der Waals surface area contributed by atoms with Gasteiger partial charge in [0.25, 0.3) is 0 Å². The van der Waals surface area contributed by atoms with Gasteiger partial charge in [-0.25, -0.2) is 8.42 Å². The summed E-state index contributed by atoms with van der Waals surface area (Å²) in [7, 11) is 0.744. The molecule has 1 N–H and O–H groups in total. The molecule has 0 radical (unpaired) electrons. The molecule has 0 bridgehead atoms. The van der Waals surface area contributed by atoms with Crippen LogP contribution in [0.25, 0.3) is 0 Å². The molecular weight excluding hydrogens is 278 g/mol. The molecule has 2 heterocycles. The number of nitrogens with zero attached hydrogens (tertiary/aromatic N) is 2. The minimum atomic E-state index is -2.81. The van der Waals surface area contributed by atoms with Crippen molar-refractivity contribution >= 4 is 15.7 Å². The maximum Gasteiger partial charge on any atom is 0.236 e. The van der Waals surface area contributed by atoms with Crippen molar-refractivity contribution in [3.8, 4) is 0 Å². The summed E-state index contributed by atoms with van der Waals surface area (Å²) in [5, 5.41) is 3.47. The Morgan fingerprint density at radius 1 is 1.20 bits per heavy atom. The van der Waals surface area contributed by atoms with Gasteiger partial charge in [-0.05, 0) is 19.3 Å². The molecule has 6 nitrogen and oxygen atoms in total. The number of nitrogens with one attached hydrogen (secondary N) is 1. The smallest absolute Gasteiger partial charge is 0.236 e. The van der Waals surface area contributed by atoms with Gasteiger partial charge in [-0.2, -0.15) is 0 Å². The fourth-order valence-electron chi connectivity index (χ4n) is 2.85. The first-order valence-electron chi connectivity index (χ1n) is 7.25. The number of piperidine rings is 1. The van der Waals surface area contributed by atoms with Crippen LogP contribution in [-0.2, 0) is 14.6 Å². The largest absolute Gasteiger partial charge is 0.348 e. The van der Waals surface area contributed by atoms with E-state index in [0.717, 1.165) is 32.4 Å². The van der Waals surface area contributed by atoms with E-state index < -0.39 is 9.84 Å². The molecule has 2 aliphatic heterocycles. The van der Waals surface area contributed by atoms with Gasteiger partial charge in [0.1, 0.15) is 0 Å². The van der Waals surface area contributed by atoms with Crippen molar-refractivity contribution in [2.75, 3.05) is 45.2 Å². The summed E-state index contributed by atoms with van der Waals surface area (Å²) in [6, 6.07) is 0.513.